The number of aromatic hydroxyl groups is 1. The standard InChI is InChI=1S/C22H27N5O3/c1-15(2)17-6-7-20(28)19(13-17)21-23-24-22(29)27(21)25-18-5-3-4-16(12-18)14-26-8-10-30-11-9-26/h3-7,12-13,15,25,28H,8-11,14H2,1-2H3,(H,24,29). The van der Waals surface area contributed by atoms with Crippen LogP contribution < -0.4 is 11.1 Å². The number of phenolic OH excluding ortho intramolecular Hbond substituents is 1. The first kappa shape index (κ1) is 20.2. The molecule has 0 bridgehead atoms. The molecular weight excluding hydrogens is 382 g/mol. The van der Waals surface area contributed by atoms with E-state index in [1.165, 1.54) is 4.68 Å². The molecule has 1 saturated heterocycles. The predicted molar refractivity (Wildman–Crippen MR) is 116 cm³/mol. The number of aromatic nitrogens is 3. The fourth-order valence-electron chi connectivity index (χ4n) is 3.56. The molecule has 158 valence electrons. The van der Waals surface area contributed by atoms with Gasteiger partial charge in [0.2, 0.25) is 0 Å². The van der Waals surface area contributed by atoms with Crippen LogP contribution in [0, 0.1) is 0 Å². The summed E-state index contributed by atoms with van der Waals surface area (Å²) in [5.74, 6) is 0.689. The Morgan fingerprint density at radius 3 is 2.77 bits per heavy atom. The summed E-state index contributed by atoms with van der Waals surface area (Å²) in [6.45, 7) is 8.31. The van der Waals surface area contributed by atoms with Gasteiger partial charge in [0.05, 0.1) is 24.5 Å². The van der Waals surface area contributed by atoms with Crippen molar-refractivity contribution in [2.75, 3.05) is 31.7 Å². The third-order valence-corrected chi connectivity index (χ3v) is 5.28. The average molecular weight is 409 g/mol. The monoisotopic (exact) mass is 409 g/mol. The number of nitrogens with zero attached hydrogens (tertiary/aromatic N) is 3. The smallest absolute Gasteiger partial charge is 0.362 e. The van der Waals surface area contributed by atoms with Crippen molar-refractivity contribution >= 4 is 5.69 Å². The van der Waals surface area contributed by atoms with Crippen LogP contribution in [-0.2, 0) is 11.3 Å². The van der Waals surface area contributed by atoms with Gasteiger partial charge in [-0.1, -0.05) is 32.0 Å². The number of phenols is 1. The zero-order valence-corrected chi connectivity index (χ0v) is 17.3. The molecule has 0 unspecified atom stereocenters. The van der Waals surface area contributed by atoms with E-state index >= 15 is 0 Å². The lowest BCUT2D eigenvalue weighted by atomic mass is 10.00. The lowest BCUT2D eigenvalue weighted by Gasteiger charge is -2.26. The largest absolute Gasteiger partial charge is 0.507 e. The van der Waals surface area contributed by atoms with E-state index in [9.17, 15) is 9.90 Å². The van der Waals surface area contributed by atoms with Gasteiger partial charge in [-0.05, 0) is 41.3 Å². The van der Waals surface area contributed by atoms with E-state index in [0.717, 1.165) is 49.7 Å². The third kappa shape index (κ3) is 4.39. The predicted octanol–water partition coefficient (Wildman–Crippen LogP) is 2.77. The summed E-state index contributed by atoms with van der Waals surface area (Å²) >= 11 is 0. The van der Waals surface area contributed by atoms with E-state index in [1.807, 2.05) is 30.3 Å². The summed E-state index contributed by atoms with van der Waals surface area (Å²) < 4.78 is 6.74. The highest BCUT2D eigenvalue weighted by Gasteiger charge is 2.17. The highest BCUT2D eigenvalue weighted by Crippen LogP contribution is 2.30. The number of anilines is 1. The van der Waals surface area contributed by atoms with Gasteiger partial charge in [0.15, 0.2) is 5.82 Å². The molecule has 1 aliphatic heterocycles. The van der Waals surface area contributed by atoms with E-state index in [2.05, 4.69) is 40.4 Å². The number of hydrogen-bond donors (Lipinski definition) is 3. The lowest BCUT2D eigenvalue weighted by molar-refractivity contribution is 0.0342. The summed E-state index contributed by atoms with van der Waals surface area (Å²) in [6, 6.07) is 13.3. The van der Waals surface area contributed by atoms with Gasteiger partial charge in [0.1, 0.15) is 5.75 Å². The fourth-order valence-corrected chi connectivity index (χ4v) is 3.56. The van der Waals surface area contributed by atoms with Crippen LogP contribution in [0.3, 0.4) is 0 Å². The topological polar surface area (TPSA) is 95.4 Å². The van der Waals surface area contributed by atoms with Gasteiger partial charge >= 0.3 is 5.69 Å². The molecule has 0 spiro atoms. The molecule has 1 fully saturated rings. The quantitative estimate of drug-likeness (QED) is 0.580. The number of rotatable bonds is 6. The van der Waals surface area contributed by atoms with Crippen molar-refractivity contribution in [2.45, 2.75) is 26.3 Å². The summed E-state index contributed by atoms with van der Waals surface area (Å²) in [7, 11) is 0. The Morgan fingerprint density at radius 1 is 1.20 bits per heavy atom. The van der Waals surface area contributed by atoms with Gasteiger partial charge < -0.3 is 9.84 Å². The summed E-state index contributed by atoms with van der Waals surface area (Å²) in [5.41, 5.74) is 6.19. The molecule has 8 heteroatoms. The Hall–Kier alpha value is -3.10. The molecule has 2 heterocycles. The summed E-state index contributed by atoms with van der Waals surface area (Å²) in [6.07, 6.45) is 0. The molecular formula is C22H27N5O3. The zero-order valence-electron chi connectivity index (χ0n) is 17.3. The molecule has 0 aliphatic carbocycles. The number of H-pyrrole nitrogens is 1. The number of aromatic amines is 1. The van der Waals surface area contributed by atoms with Gasteiger partial charge in [0, 0.05) is 19.6 Å². The molecule has 3 aromatic rings. The SMILES string of the molecule is CC(C)c1ccc(O)c(-c2n[nH]c(=O)n2Nc2cccc(CN3CCOCC3)c2)c1. The van der Waals surface area contributed by atoms with Crippen LogP contribution in [0.15, 0.2) is 47.3 Å². The van der Waals surface area contributed by atoms with Crippen molar-refractivity contribution in [3.8, 4) is 17.1 Å². The maximum Gasteiger partial charge on any atom is 0.362 e. The average Bonchev–Trinajstić information content (AvgIpc) is 3.09. The maximum absolute atomic E-state index is 12.4. The minimum atomic E-state index is -0.405. The van der Waals surface area contributed by atoms with E-state index in [1.54, 1.807) is 6.07 Å². The minimum Gasteiger partial charge on any atom is -0.507 e. The highest BCUT2D eigenvalue weighted by molar-refractivity contribution is 5.66. The van der Waals surface area contributed by atoms with Crippen molar-refractivity contribution in [3.63, 3.8) is 0 Å². The molecule has 0 amide bonds. The van der Waals surface area contributed by atoms with Crippen molar-refractivity contribution in [2.24, 2.45) is 0 Å². The third-order valence-electron chi connectivity index (χ3n) is 5.28. The fraction of sp³-hybridized carbons (Fsp3) is 0.364. The van der Waals surface area contributed by atoms with E-state index in [-0.39, 0.29) is 11.7 Å². The minimum absolute atomic E-state index is 0.0718. The number of ether oxygens (including phenoxy) is 1. The van der Waals surface area contributed by atoms with Crippen LogP contribution in [0.4, 0.5) is 5.69 Å². The number of hydrogen-bond acceptors (Lipinski definition) is 6. The molecule has 2 aromatic carbocycles. The molecule has 30 heavy (non-hydrogen) atoms. The van der Waals surface area contributed by atoms with Gasteiger partial charge in [-0.3, -0.25) is 10.3 Å². The van der Waals surface area contributed by atoms with Crippen molar-refractivity contribution in [1.82, 2.24) is 19.8 Å². The van der Waals surface area contributed by atoms with Gasteiger partial charge in [-0.15, -0.1) is 0 Å². The first-order chi connectivity index (χ1) is 14.5. The van der Waals surface area contributed by atoms with E-state index in [4.69, 9.17) is 4.74 Å². The summed E-state index contributed by atoms with van der Waals surface area (Å²) in [4.78, 5) is 14.8. The van der Waals surface area contributed by atoms with Crippen LogP contribution in [0.25, 0.3) is 11.4 Å². The second-order valence-electron chi connectivity index (χ2n) is 7.82. The lowest BCUT2D eigenvalue weighted by Crippen LogP contribution is -2.35. The van der Waals surface area contributed by atoms with Crippen molar-refractivity contribution < 1.29 is 9.84 Å². The molecule has 0 saturated carbocycles. The zero-order chi connectivity index (χ0) is 21.1. The van der Waals surface area contributed by atoms with Gasteiger partial charge in [-0.25, -0.2) is 9.89 Å². The second kappa shape index (κ2) is 8.73. The Balaban J connectivity index is 1.61. The van der Waals surface area contributed by atoms with Crippen LogP contribution in [0.5, 0.6) is 5.75 Å². The first-order valence-electron chi connectivity index (χ1n) is 10.2. The van der Waals surface area contributed by atoms with E-state index < -0.39 is 5.69 Å². The molecule has 0 radical (unpaired) electrons. The molecule has 1 aliphatic rings. The molecule has 0 atom stereocenters. The van der Waals surface area contributed by atoms with Crippen molar-refractivity contribution in [3.05, 3.63) is 64.1 Å². The number of nitrogens with one attached hydrogen (secondary N) is 2. The molecule has 8 nitrogen and oxygen atoms in total. The Bertz CT molecular complexity index is 1070. The highest BCUT2D eigenvalue weighted by atomic mass is 16.5. The Kier molecular flexibility index (Phi) is 5.87. The molecule has 1 aromatic heterocycles. The van der Waals surface area contributed by atoms with Crippen molar-refractivity contribution in [1.29, 1.82) is 0 Å². The normalized spacial score (nSPS) is 14.9. The second-order valence-corrected chi connectivity index (χ2v) is 7.82. The van der Waals surface area contributed by atoms with Crippen LogP contribution in [0.1, 0.15) is 30.9 Å². The van der Waals surface area contributed by atoms with E-state index in [0.29, 0.717) is 11.4 Å². The van der Waals surface area contributed by atoms with Crippen LogP contribution in [-0.4, -0.2) is 51.2 Å². The Labute approximate surface area is 175 Å². The maximum atomic E-state index is 12.4. The number of benzene rings is 2. The Morgan fingerprint density at radius 2 is 2.00 bits per heavy atom. The molecule has 3 N–H and O–H groups in total. The first-order valence-corrected chi connectivity index (χ1v) is 10.2. The van der Waals surface area contributed by atoms with Gasteiger partial charge in [-0.2, -0.15) is 9.77 Å². The molecule has 4 rings (SSSR count). The van der Waals surface area contributed by atoms with Crippen LogP contribution in [0.2, 0.25) is 0 Å². The summed E-state index contributed by atoms with van der Waals surface area (Å²) in [5, 5.41) is 17.0. The van der Waals surface area contributed by atoms with Gasteiger partial charge in [0.25, 0.3) is 0 Å². The number of morpholine rings is 1. The van der Waals surface area contributed by atoms with Crippen LogP contribution >= 0.6 is 0 Å².